The summed E-state index contributed by atoms with van der Waals surface area (Å²) in [7, 11) is 1.82. The molecule has 0 amide bonds. The Kier molecular flexibility index (Phi) is 12.0. The highest BCUT2D eigenvalue weighted by Gasteiger charge is 2.17. The third kappa shape index (κ3) is 8.84. The molecule has 0 fully saturated rings. The van der Waals surface area contributed by atoms with Crippen LogP contribution in [0.15, 0.2) is 11.3 Å². The minimum atomic E-state index is 0. The Labute approximate surface area is 164 Å². The molecule has 0 radical (unpaired) electrons. The first kappa shape index (κ1) is 23.1. The van der Waals surface area contributed by atoms with Gasteiger partial charge in [-0.2, -0.15) is 0 Å². The highest BCUT2D eigenvalue weighted by Crippen LogP contribution is 2.22. The molecule has 24 heavy (non-hydrogen) atoms. The highest BCUT2D eigenvalue weighted by molar-refractivity contribution is 14.0. The van der Waals surface area contributed by atoms with Crippen molar-refractivity contribution in [2.24, 2.45) is 10.4 Å². The van der Waals surface area contributed by atoms with Gasteiger partial charge in [0.15, 0.2) is 5.96 Å². The van der Waals surface area contributed by atoms with Crippen molar-refractivity contribution in [1.82, 2.24) is 25.4 Å². The molecule has 2 N–H and O–H groups in total. The van der Waals surface area contributed by atoms with E-state index >= 15 is 0 Å². The van der Waals surface area contributed by atoms with Crippen LogP contribution in [0, 0.1) is 5.41 Å². The molecule has 0 unspecified atom stereocenters. The lowest BCUT2D eigenvalue weighted by Gasteiger charge is -2.26. The Morgan fingerprint density at radius 3 is 2.62 bits per heavy atom. The second kappa shape index (κ2) is 12.5. The number of hydrogen-bond donors (Lipinski definition) is 2. The van der Waals surface area contributed by atoms with E-state index < -0.39 is 0 Å². The van der Waals surface area contributed by atoms with E-state index in [1.807, 2.05) is 7.05 Å². The number of nitrogens with zero attached hydrogens (tertiary/aromatic N) is 4. The van der Waals surface area contributed by atoms with Crippen molar-refractivity contribution in [1.29, 1.82) is 0 Å². The summed E-state index contributed by atoms with van der Waals surface area (Å²) in [5.74, 6) is 1.88. The van der Waals surface area contributed by atoms with Crippen molar-refractivity contribution in [3.8, 4) is 0 Å². The number of rotatable bonds is 10. The Balaban J connectivity index is 0.00000529. The fourth-order valence-electron chi connectivity index (χ4n) is 2.52. The fourth-order valence-corrected chi connectivity index (χ4v) is 2.52. The molecular formula is C17H35IN6. The van der Waals surface area contributed by atoms with Gasteiger partial charge in [0.25, 0.3) is 0 Å². The molecule has 1 heterocycles. The quantitative estimate of drug-likeness (QED) is 0.249. The number of aryl methyl sites for hydroxylation is 1. The SMILES string of the molecule is CCCCCC(C)(C)CNC(=NC)NCCn1cnnc1CC.I. The van der Waals surface area contributed by atoms with E-state index in [0.29, 0.717) is 0 Å². The van der Waals surface area contributed by atoms with Crippen molar-refractivity contribution in [3.63, 3.8) is 0 Å². The molecule has 0 aliphatic rings. The predicted molar refractivity (Wildman–Crippen MR) is 112 cm³/mol. The van der Waals surface area contributed by atoms with Gasteiger partial charge in [-0.25, -0.2) is 0 Å². The van der Waals surface area contributed by atoms with Gasteiger partial charge in [-0.1, -0.05) is 47.0 Å². The first-order valence-corrected chi connectivity index (χ1v) is 8.83. The van der Waals surface area contributed by atoms with E-state index in [1.54, 1.807) is 6.33 Å². The Bertz CT molecular complexity index is 469. The summed E-state index contributed by atoms with van der Waals surface area (Å²) in [6.07, 6.45) is 7.81. The first-order valence-electron chi connectivity index (χ1n) is 8.83. The zero-order valence-corrected chi connectivity index (χ0v) is 18.3. The van der Waals surface area contributed by atoms with Gasteiger partial charge in [-0.3, -0.25) is 4.99 Å². The molecule has 0 saturated carbocycles. The summed E-state index contributed by atoms with van der Waals surface area (Å²) in [6.45, 7) is 11.5. The van der Waals surface area contributed by atoms with E-state index in [-0.39, 0.29) is 29.4 Å². The molecule has 1 aromatic rings. The zero-order chi connectivity index (χ0) is 17.1. The number of halogens is 1. The lowest BCUT2D eigenvalue weighted by atomic mass is 9.87. The molecule has 6 nitrogen and oxygen atoms in total. The van der Waals surface area contributed by atoms with Crippen LogP contribution in [0.2, 0.25) is 0 Å². The molecule has 0 aromatic carbocycles. The maximum atomic E-state index is 4.30. The number of aliphatic imine (C=N–C) groups is 1. The maximum Gasteiger partial charge on any atom is 0.191 e. The van der Waals surface area contributed by atoms with Crippen LogP contribution in [0.1, 0.15) is 59.2 Å². The van der Waals surface area contributed by atoms with Gasteiger partial charge in [0.2, 0.25) is 0 Å². The molecule has 0 spiro atoms. The molecule has 1 rings (SSSR count). The Morgan fingerprint density at radius 2 is 2.00 bits per heavy atom. The Hall–Kier alpha value is -0.860. The van der Waals surface area contributed by atoms with Gasteiger partial charge in [0.05, 0.1) is 0 Å². The van der Waals surface area contributed by atoms with Crippen LogP contribution in [-0.2, 0) is 13.0 Å². The van der Waals surface area contributed by atoms with Gasteiger partial charge < -0.3 is 15.2 Å². The minimum Gasteiger partial charge on any atom is -0.356 e. The average molecular weight is 450 g/mol. The van der Waals surface area contributed by atoms with Gasteiger partial charge in [0, 0.05) is 33.1 Å². The lowest BCUT2D eigenvalue weighted by Crippen LogP contribution is -2.43. The highest BCUT2D eigenvalue weighted by atomic mass is 127. The average Bonchev–Trinajstić information content (AvgIpc) is 2.98. The summed E-state index contributed by atoms with van der Waals surface area (Å²) in [5.41, 5.74) is 0.288. The van der Waals surface area contributed by atoms with E-state index in [9.17, 15) is 0 Å². The van der Waals surface area contributed by atoms with Gasteiger partial charge in [0.1, 0.15) is 12.2 Å². The number of nitrogens with one attached hydrogen (secondary N) is 2. The molecule has 1 aromatic heterocycles. The normalized spacial score (nSPS) is 12.0. The zero-order valence-electron chi connectivity index (χ0n) is 15.9. The molecular weight excluding hydrogens is 415 g/mol. The van der Waals surface area contributed by atoms with Crippen molar-refractivity contribution in [3.05, 3.63) is 12.2 Å². The molecule has 0 aliphatic heterocycles. The van der Waals surface area contributed by atoms with Crippen LogP contribution in [0.25, 0.3) is 0 Å². The van der Waals surface area contributed by atoms with Gasteiger partial charge >= 0.3 is 0 Å². The third-order valence-corrected chi connectivity index (χ3v) is 4.07. The fraction of sp³-hybridized carbons (Fsp3) is 0.824. The van der Waals surface area contributed by atoms with Crippen LogP contribution in [0.5, 0.6) is 0 Å². The third-order valence-electron chi connectivity index (χ3n) is 4.07. The topological polar surface area (TPSA) is 67.1 Å². The Morgan fingerprint density at radius 1 is 1.25 bits per heavy atom. The summed E-state index contributed by atoms with van der Waals surface area (Å²) in [4.78, 5) is 4.30. The van der Waals surface area contributed by atoms with Crippen LogP contribution in [0.4, 0.5) is 0 Å². The molecule has 0 bridgehead atoms. The minimum absolute atomic E-state index is 0. The van der Waals surface area contributed by atoms with Crippen LogP contribution in [-0.4, -0.2) is 40.9 Å². The van der Waals surface area contributed by atoms with E-state index in [2.05, 4.69) is 58.1 Å². The molecule has 0 aliphatic carbocycles. The number of aromatic nitrogens is 3. The number of hydrogen-bond acceptors (Lipinski definition) is 3. The smallest absolute Gasteiger partial charge is 0.191 e. The van der Waals surface area contributed by atoms with Crippen molar-refractivity contribution in [2.45, 2.75) is 66.3 Å². The number of guanidine groups is 1. The largest absolute Gasteiger partial charge is 0.356 e. The first-order chi connectivity index (χ1) is 11.0. The summed E-state index contributed by atoms with van der Waals surface area (Å²) in [6, 6.07) is 0. The summed E-state index contributed by atoms with van der Waals surface area (Å²) < 4.78 is 2.08. The molecule has 7 heteroatoms. The summed E-state index contributed by atoms with van der Waals surface area (Å²) in [5, 5.41) is 14.9. The van der Waals surface area contributed by atoms with Crippen LogP contribution in [0.3, 0.4) is 0 Å². The van der Waals surface area contributed by atoms with Crippen LogP contribution >= 0.6 is 24.0 Å². The van der Waals surface area contributed by atoms with Crippen LogP contribution < -0.4 is 10.6 Å². The molecule has 140 valence electrons. The molecule has 0 saturated heterocycles. The summed E-state index contributed by atoms with van der Waals surface area (Å²) >= 11 is 0. The second-order valence-electron chi connectivity index (χ2n) is 6.77. The van der Waals surface area contributed by atoms with Crippen molar-refractivity contribution in [2.75, 3.05) is 20.1 Å². The van der Waals surface area contributed by atoms with Gasteiger partial charge in [-0.15, -0.1) is 34.2 Å². The van der Waals surface area contributed by atoms with E-state index in [4.69, 9.17) is 0 Å². The van der Waals surface area contributed by atoms with E-state index in [0.717, 1.165) is 37.8 Å². The number of unbranched alkanes of at least 4 members (excludes halogenated alkanes) is 2. The van der Waals surface area contributed by atoms with Gasteiger partial charge in [-0.05, 0) is 11.8 Å². The van der Waals surface area contributed by atoms with Crippen molar-refractivity contribution >= 4 is 29.9 Å². The predicted octanol–water partition coefficient (Wildman–Crippen LogP) is 3.23. The van der Waals surface area contributed by atoms with E-state index in [1.165, 1.54) is 25.7 Å². The van der Waals surface area contributed by atoms with Crippen molar-refractivity contribution < 1.29 is 0 Å². The monoisotopic (exact) mass is 450 g/mol. The molecule has 0 atom stereocenters. The standard InChI is InChI=1S/C17H34N6.HI/c1-6-8-9-10-17(3,4)13-20-16(18-5)19-11-12-23-14-21-22-15(23)7-2;/h14H,6-13H2,1-5H3,(H2,18,19,20);1H. The lowest BCUT2D eigenvalue weighted by molar-refractivity contribution is 0.318. The second-order valence-corrected chi connectivity index (χ2v) is 6.77. The maximum absolute atomic E-state index is 4.30.